The minimum atomic E-state index is -0.0398. The van der Waals surface area contributed by atoms with Crippen molar-refractivity contribution in [1.82, 2.24) is 14.9 Å². The minimum absolute atomic E-state index is 0.0398. The molecule has 2 aromatic heterocycles. The van der Waals surface area contributed by atoms with E-state index in [0.717, 1.165) is 17.2 Å². The molecule has 4 N–H and O–H groups in total. The molecule has 1 aromatic carbocycles. The number of H-pyrrole nitrogens is 1. The quantitative estimate of drug-likeness (QED) is 0.575. The number of nitrogens with one attached hydrogen (secondary N) is 2. The number of likely N-dealkylation sites (tertiary alicyclic amines) is 1. The maximum absolute atomic E-state index is 12.8. The third kappa shape index (κ3) is 3.39. The summed E-state index contributed by atoms with van der Waals surface area (Å²) in [6.45, 7) is 1.72. The number of pyridine rings is 1. The van der Waals surface area contributed by atoms with Gasteiger partial charge in [0.25, 0.3) is 5.91 Å². The van der Waals surface area contributed by atoms with Crippen LogP contribution in [-0.2, 0) is 11.3 Å². The van der Waals surface area contributed by atoms with Crippen molar-refractivity contribution in [2.45, 2.75) is 12.7 Å². The van der Waals surface area contributed by atoms with E-state index in [9.17, 15) is 4.79 Å². The molecule has 7 nitrogen and oxygen atoms in total. The maximum atomic E-state index is 12.8. The van der Waals surface area contributed by atoms with Gasteiger partial charge < -0.3 is 25.8 Å². The number of nitrogens with zero attached hydrogens (tertiary/aromatic N) is 2. The third-order valence-electron chi connectivity index (χ3n) is 4.86. The van der Waals surface area contributed by atoms with E-state index in [0.29, 0.717) is 42.2 Å². The number of aromatic amines is 1. The van der Waals surface area contributed by atoms with Gasteiger partial charge in [0.15, 0.2) is 0 Å². The summed E-state index contributed by atoms with van der Waals surface area (Å²) in [6.07, 6.45) is 4.23. The van der Waals surface area contributed by atoms with Gasteiger partial charge in [-0.3, -0.25) is 4.79 Å². The van der Waals surface area contributed by atoms with E-state index in [2.05, 4.69) is 9.97 Å². The van der Waals surface area contributed by atoms with E-state index in [4.69, 9.17) is 15.9 Å². The number of benzene rings is 1. The average Bonchev–Trinajstić information content (AvgIpc) is 3.12. The first-order chi connectivity index (χ1) is 13.7. The third-order valence-corrected chi connectivity index (χ3v) is 4.86. The van der Waals surface area contributed by atoms with E-state index < -0.39 is 0 Å². The summed E-state index contributed by atoms with van der Waals surface area (Å²) in [5.41, 5.74) is 8.93. The molecule has 4 rings (SSSR count). The molecule has 1 amide bonds. The molecule has 1 fully saturated rings. The number of carbonyl (C=O) groups is 1. The molecule has 28 heavy (non-hydrogen) atoms. The molecule has 3 aromatic rings. The lowest BCUT2D eigenvalue weighted by Crippen LogP contribution is -2.54. The van der Waals surface area contributed by atoms with Crippen molar-refractivity contribution in [2.24, 2.45) is 5.73 Å². The Morgan fingerprint density at radius 2 is 2.07 bits per heavy atom. The SMILES string of the molecule is N=C/C(=C\N)c1ccc2c(C(=O)N3CC(OCc4ccccc4)C3)c[nH]c2n1. The van der Waals surface area contributed by atoms with Gasteiger partial charge in [0.1, 0.15) is 5.65 Å². The van der Waals surface area contributed by atoms with Crippen molar-refractivity contribution in [3.8, 4) is 0 Å². The Hall–Kier alpha value is -3.45. The molecule has 0 saturated carbocycles. The van der Waals surface area contributed by atoms with Gasteiger partial charge in [0.2, 0.25) is 0 Å². The molecule has 0 bridgehead atoms. The molecule has 0 radical (unpaired) electrons. The topological polar surface area (TPSA) is 108 Å². The van der Waals surface area contributed by atoms with Gasteiger partial charge in [-0.1, -0.05) is 30.3 Å². The van der Waals surface area contributed by atoms with Crippen LogP contribution in [0.25, 0.3) is 16.6 Å². The highest BCUT2D eigenvalue weighted by atomic mass is 16.5. The molecule has 0 spiro atoms. The van der Waals surface area contributed by atoms with Crippen LogP contribution in [0.4, 0.5) is 0 Å². The standard InChI is InChI=1S/C21H21N5O2/c22-8-15(9-23)19-7-6-17-18(10-24-20(17)25-19)21(27)26-11-16(12-26)28-13-14-4-2-1-3-5-14/h1-10,16,22H,11-13,23H2,(H,24,25)/b15-9+,22-8?. The summed E-state index contributed by atoms with van der Waals surface area (Å²) >= 11 is 0. The van der Waals surface area contributed by atoms with Crippen LogP contribution < -0.4 is 5.73 Å². The summed E-state index contributed by atoms with van der Waals surface area (Å²) in [5.74, 6) is -0.0398. The summed E-state index contributed by atoms with van der Waals surface area (Å²) in [7, 11) is 0. The Morgan fingerprint density at radius 3 is 2.79 bits per heavy atom. The summed E-state index contributed by atoms with van der Waals surface area (Å²) < 4.78 is 5.86. The van der Waals surface area contributed by atoms with Crippen LogP contribution in [0.1, 0.15) is 21.6 Å². The molecule has 0 atom stereocenters. The smallest absolute Gasteiger partial charge is 0.256 e. The highest BCUT2D eigenvalue weighted by Gasteiger charge is 2.33. The van der Waals surface area contributed by atoms with Crippen molar-refractivity contribution < 1.29 is 9.53 Å². The Morgan fingerprint density at radius 1 is 1.29 bits per heavy atom. The first-order valence-electron chi connectivity index (χ1n) is 9.05. The first-order valence-corrected chi connectivity index (χ1v) is 9.05. The van der Waals surface area contributed by atoms with Crippen LogP contribution >= 0.6 is 0 Å². The van der Waals surface area contributed by atoms with Crippen LogP contribution in [0.15, 0.2) is 54.9 Å². The minimum Gasteiger partial charge on any atom is -0.404 e. The highest BCUT2D eigenvalue weighted by molar-refractivity contribution is 6.09. The van der Waals surface area contributed by atoms with Gasteiger partial charge in [-0.25, -0.2) is 4.98 Å². The number of hydrogen-bond acceptors (Lipinski definition) is 5. The van der Waals surface area contributed by atoms with Gasteiger partial charge in [-0.2, -0.15) is 0 Å². The molecule has 0 aliphatic carbocycles. The predicted octanol–water partition coefficient (Wildman–Crippen LogP) is 2.55. The maximum Gasteiger partial charge on any atom is 0.256 e. The number of aromatic nitrogens is 2. The number of amides is 1. The number of nitrogens with two attached hydrogens (primary N) is 1. The zero-order valence-electron chi connectivity index (χ0n) is 15.3. The first kappa shape index (κ1) is 17.9. The number of fused-ring (bicyclic) bond motifs is 1. The van der Waals surface area contributed by atoms with E-state index in [1.165, 1.54) is 6.20 Å². The molecule has 0 unspecified atom stereocenters. The normalized spacial score (nSPS) is 14.9. The molecule has 142 valence electrons. The van der Waals surface area contributed by atoms with E-state index in [-0.39, 0.29) is 12.0 Å². The van der Waals surface area contributed by atoms with Crippen LogP contribution in [0.5, 0.6) is 0 Å². The van der Waals surface area contributed by atoms with Crippen molar-refractivity contribution in [3.63, 3.8) is 0 Å². The van der Waals surface area contributed by atoms with Gasteiger partial charge in [0.05, 0.1) is 24.0 Å². The fraction of sp³-hybridized carbons (Fsp3) is 0.190. The fourth-order valence-electron chi connectivity index (χ4n) is 3.22. The molecule has 1 aliphatic rings. The zero-order valence-corrected chi connectivity index (χ0v) is 15.3. The Kier molecular flexibility index (Phi) is 4.90. The Balaban J connectivity index is 1.40. The second-order valence-corrected chi connectivity index (χ2v) is 6.69. The van der Waals surface area contributed by atoms with E-state index in [1.54, 1.807) is 17.2 Å². The van der Waals surface area contributed by atoms with Crippen LogP contribution in [0.2, 0.25) is 0 Å². The Labute approximate surface area is 162 Å². The molecule has 1 saturated heterocycles. The van der Waals surface area contributed by atoms with Gasteiger partial charge in [-0.15, -0.1) is 0 Å². The molecular formula is C21H21N5O2. The molecule has 3 heterocycles. The second-order valence-electron chi connectivity index (χ2n) is 6.69. The van der Waals surface area contributed by atoms with Crippen molar-refractivity contribution in [3.05, 3.63) is 71.7 Å². The lowest BCUT2D eigenvalue weighted by Gasteiger charge is -2.38. The molecule has 7 heteroatoms. The summed E-state index contributed by atoms with van der Waals surface area (Å²) in [5, 5.41) is 8.13. The van der Waals surface area contributed by atoms with Crippen molar-refractivity contribution in [2.75, 3.05) is 13.1 Å². The van der Waals surface area contributed by atoms with Crippen LogP contribution in [0.3, 0.4) is 0 Å². The Bertz CT molecular complexity index is 1040. The van der Waals surface area contributed by atoms with Crippen LogP contribution in [0, 0.1) is 5.41 Å². The molecule has 1 aliphatic heterocycles. The molecular weight excluding hydrogens is 354 g/mol. The van der Waals surface area contributed by atoms with Gasteiger partial charge in [-0.05, 0) is 17.7 Å². The van der Waals surface area contributed by atoms with E-state index >= 15 is 0 Å². The second kappa shape index (κ2) is 7.66. The highest BCUT2D eigenvalue weighted by Crippen LogP contribution is 2.24. The monoisotopic (exact) mass is 375 g/mol. The number of allylic oxidation sites excluding steroid dienone is 1. The predicted molar refractivity (Wildman–Crippen MR) is 108 cm³/mol. The lowest BCUT2D eigenvalue weighted by molar-refractivity contribution is -0.0502. The fourth-order valence-corrected chi connectivity index (χ4v) is 3.22. The van der Waals surface area contributed by atoms with E-state index in [1.807, 2.05) is 36.4 Å². The van der Waals surface area contributed by atoms with Crippen molar-refractivity contribution >= 4 is 28.7 Å². The zero-order chi connectivity index (χ0) is 19.5. The van der Waals surface area contributed by atoms with Crippen LogP contribution in [-0.4, -0.2) is 46.2 Å². The number of carbonyl (C=O) groups excluding carboxylic acids is 1. The number of rotatable bonds is 6. The lowest BCUT2D eigenvalue weighted by atomic mass is 10.1. The van der Waals surface area contributed by atoms with Gasteiger partial charge >= 0.3 is 0 Å². The van der Waals surface area contributed by atoms with Gasteiger partial charge in [0, 0.05) is 42.7 Å². The number of hydrogen-bond donors (Lipinski definition) is 3. The average molecular weight is 375 g/mol. The number of ether oxygens (including phenoxy) is 1. The van der Waals surface area contributed by atoms with Crippen molar-refractivity contribution in [1.29, 1.82) is 5.41 Å². The summed E-state index contributed by atoms with van der Waals surface area (Å²) in [6, 6.07) is 13.6. The summed E-state index contributed by atoms with van der Waals surface area (Å²) in [4.78, 5) is 22.1. The largest absolute Gasteiger partial charge is 0.404 e.